The second kappa shape index (κ2) is 8.78. The third kappa shape index (κ3) is 4.33. The molecule has 0 aliphatic carbocycles. The van der Waals surface area contributed by atoms with Crippen molar-refractivity contribution >= 4 is 23.3 Å². The number of anilines is 1. The number of carbonyl (C=O) groups is 3. The largest absolute Gasteiger partial charge is 0.464 e. The molecule has 6 nitrogen and oxygen atoms in total. The maximum atomic E-state index is 12.7. The summed E-state index contributed by atoms with van der Waals surface area (Å²) in [4.78, 5) is 39.3. The topological polar surface area (TPSA) is 79.6 Å². The van der Waals surface area contributed by atoms with Gasteiger partial charge in [0.2, 0.25) is 11.7 Å². The zero-order chi connectivity index (χ0) is 20.9. The van der Waals surface area contributed by atoms with Crippen LogP contribution in [0.4, 0.5) is 5.69 Å². The van der Waals surface area contributed by atoms with Crippen molar-refractivity contribution < 1.29 is 18.8 Å². The second-order valence-corrected chi connectivity index (χ2v) is 7.33. The lowest BCUT2D eigenvalue weighted by Crippen LogP contribution is -2.46. The van der Waals surface area contributed by atoms with Crippen LogP contribution in [0.2, 0.25) is 0 Å². The van der Waals surface area contributed by atoms with E-state index in [4.69, 9.17) is 4.42 Å². The van der Waals surface area contributed by atoms with Crippen molar-refractivity contribution in [1.29, 1.82) is 0 Å². The summed E-state index contributed by atoms with van der Waals surface area (Å²) in [6.45, 7) is 0.729. The first-order valence-electron chi connectivity index (χ1n) is 9.95. The molecule has 1 N–H and O–H groups in total. The van der Waals surface area contributed by atoms with E-state index in [9.17, 15) is 14.4 Å². The Bertz CT molecular complexity index is 1030. The summed E-state index contributed by atoms with van der Waals surface area (Å²) in [5, 5.41) is 2.91. The number of ketones is 1. The molecule has 30 heavy (non-hydrogen) atoms. The van der Waals surface area contributed by atoms with Gasteiger partial charge in [-0.05, 0) is 49.2 Å². The molecule has 0 saturated carbocycles. The summed E-state index contributed by atoms with van der Waals surface area (Å²) in [6.07, 6.45) is 2.98. The minimum Gasteiger partial charge on any atom is -0.464 e. The van der Waals surface area contributed by atoms with E-state index in [1.807, 2.05) is 36.4 Å². The van der Waals surface area contributed by atoms with Gasteiger partial charge in [0.05, 0.1) is 12.2 Å². The summed E-state index contributed by atoms with van der Waals surface area (Å²) < 4.78 is 5.37. The Hall–Kier alpha value is -3.67. The molecule has 4 rings (SSSR count). The third-order valence-corrected chi connectivity index (χ3v) is 5.27. The van der Waals surface area contributed by atoms with Gasteiger partial charge in [0.1, 0.15) is 5.76 Å². The number of nitrogens with one attached hydrogen (secondary N) is 1. The molecule has 0 radical (unpaired) electrons. The first-order valence-corrected chi connectivity index (χ1v) is 9.95. The number of likely N-dealkylation sites (tertiary alicyclic amines) is 1. The number of piperidine rings is 1. The molecule has 2 amide bonds. The second-order valence-electron chi connectivity index (χ2n) is 7.33. The number of rotatable bonds is 5. The molecule has 1 saturated heterocycles. The van der Waals surface area contributed by atoms with Crippen LogP contribution >= 0.6 is 0 Å². The van der Waals surface area contributed by atoms with Crippen molar-refractivity contribution in [3.05, 3.63) is 78.6 Å². The number of carbonyl (C=O) groups excluding carboxylic acids is 3. The van der Waals surface area contributed by atoms with Gasteiger partial charge in [0, 0.05) is 29.9 Å². The maximum Gasteiger partial charge on any atom is 0.294 e. The predicted octanol–water partition coefficient (Wildman–Crippen LogP) is 4.01. The van der Waals surface area contributed by atoms with Crippen molar-refractivity contribution in [2.24, 2.45) is 5.92 Å². The summed E-state index contributed by atoms with van der Waals surface area (Å²) in [6, 6.07) is 19.6. The highest BCUT2D eigenvalue weighted by Crippen LogP contribution is 2.23. The molecule has 1 aromatic heterocycles. The van der Waals surface area contributed by atoms with Gasteiger partial charge in [-0.25, -0.2) is 0 Å². The lowest BCUT2D eigenvalue weighted by atomic mass is 9.96. The number of furan rings is 1. The van der Waals surface area contributed by atoms with Crippen LogP contribution in [0.1, 0.15) is 23.2 Å². The van der Waals surface area contributed by atoms with E-state index in [0.29, 0.717) is 30.6 Å². The molecule has 152 valence electrons. The molecule has 1 aliphatic rings. The van der Waals surface area contributed by atoms with Crippen molar-refractivity contribution in [2.75, 3.05) is 18.4 Å². The normalized spacial score (nSPS) is 16.1. The quantitative estimate of drug-likeness (QED) is 0.517. The smallest absolute Gasteiger partial charge is 0.294 e. The SMILES string of the molecule is O=C(C(=O)N1CCCC(C(=O)Nc2ccc(-c3ccco3)cc2)C1)c1ccccc1. The van der Waals surface area contributed by atoms with Gasteiger partial charge in [0.25, 0.3) is 5.91 Å². The number of nitrogens with zero attached hydrogens (tertiary/aromatic N) is 1. The van der Waals surface area contributed by atoms with Crippen molar-refractivity contribution in [3.63, 3.8) is 0 Å². The van der Waals surface area contributed by atoms with Crippen molar-refractivity contribution in [2.45, 2.75) is 12.8 Å². The highest BCUT2D eigenvalue weighted by atomic mass is 16.3. The molecule has 2 aromatic carbocycles. The Morgan fingerprint density at radius 2 is 1.70 bits per heavy atom. The Balaban J connectivity index is 1.37. The summed E-state index contributed by atoms with van der Waals surface area (Å²) in [7, 11) is 0. The van der Waals surface area contributed by atoms with Gasteiger partial charge < -0.3 is 14.6 Å². The van der Waals surface area contributed by atoms with Gasteiger partial charge in [-0.3, -0.25) is 14.4 Å². The highest BCUT2D eigenvalue weighted by Gasteiger charge is 2.31. The molecule has 1 fully saturated rings. The molecule has 0 spiro atoms. The fourth-order valence-electron chi connectivity index (χ4n) is 3.64. The van der Waals surface area contributed by atoms with E-state index < -0.39 is 11.7 Å². The van der Waals surface area contributed by atoms with Crippen LogP contribution in [-0.4, -0.2) is 35.6 Å². The Morgan fingerprint density at radius 1 is 0.933 bits per heavy atom. The van der Waals surface area contributed by atoms with Gasteiger partial charge in [-0.1, -0.05) is 30.3 Å². The fourth-order valence-corrected chi connectivity index (χ4v) is 3.64. The number of hydrogen-bond donors (Lipinski definition) is 1. The predicted molar refractivity (Wildman–Crippen MR) is 113 cm³/mol. The molecule has 3 aromatic rings. The number of hydrogen-bond acceptors (Lipinski definition) is 4. The Kier molecular flexibility index (Phi) is 5.75. The van der Waals surface area contributed by atoms with Crippen LogP contribution in [-0.2, 0) is 9.59 Å². The van der Waals surface area contributed by atoms with Crippen molar-refractivity contribution in [1.82, 2.24) is 4.90 Å². The molecular formula is C24H22N2O4. The first-order chi connectivity index (χ1) is 14.6. The van der Waals surface area contributed by atoms with Crippen LogP contribution < -0.4 is 5.32 Å². The molecule has 6 heteroatoms. The summed E-state index contributed by atoms with van der Waals surface area (Å²) in [5.41, 5.74) is 1.97. The van der Waals surface area contributed by atoms with E-state index in [-0.39, 0.29) is 18.4 Å². The molecular weight excluding hydrogens is 380 g/mol. The molecule has 0 bridgehead atoms. The number of benzene rings is 2. The fraction of sp³-hybridized carbons (Fsp3) is 0.208. The Labute approximate surface area is 174 Å². The van der Waals surface area contributed by atoms with Gasteiger partial charge in [-0.15, -0.1) is 0 Å². The number of Topliss-reactive ketones (excluding diaryl/α,β-unsaturated/α-hetero) is 1. The zero-order valence-corrected chi connectivity index (χ0v) is 16.4. The number of amides is 2. The maximum absolute atomic E-state index is 12.7. The highest BCUT2D eigenvalue weighted by molar-refractivity contribution is 6.42. The Morgan fingerprint density at radius 3 is 2.40 bits per heavy atom. The molecule has 2 heterocycles. The minimum absolute atomic E-state index is 0.148. The van der Waals surface area contributed by atoms with E-state index in [0.717, 1.165) is 11.3 Å². The van der Waals surface area contributed by atoms with Gasteiger partial charge in [-0.2, -0.15) is 0 Å². The minimum atomic E-state index is -0.554. The van der Waals surface area contributed by atoms with E-state index in [1.165, 1.54) is 4.90 Å². The van der Waals surface area contributed by atoms with Crippen LogP contribution in [0.5, 0.6) is 0 Å². The molecule has 1 unspecified atom stereocenters. The van der Waals surface area contributed by atoms with E-state index >= 15 is 0 Å². The van der Waals surface area contributed by atoms with E-state index in [2.05, 4.69) is 5.32 Å². The average Bonchev–Trinajstić information content (AvgIpc) is 3.34. The van der Waals surface area contributed by atoms with Crippen LogP contribution in [0.25, 0.3) is 11.3 Å². The van der Waals surface area contributed by atoms with Gasteiger partial charge in [0.15, 0.2) is 0 Å². The zero-order valence-electron chi connectivity index (χ0n) is 16.4. The monoisotopic (exact) mass is 402 g/mol. The van der Waals surface area contributed by atoms with Crippen LogP contribution in [0, 0.1) is 5.92 Å². The van der Waals surface area contributed by atoms with E-state index in [1.54, 1.807) is 36.6 Å². The molecule has 1 aliphatic heterocycles. The first kappa shape index (κ1) is 19.6. The average molecular weight is 402 g/mol. The lowest BCUT2D eigenvalue weighted by Gasteiger charge is -2.31. The third-order valence-electron chi connectivity index (χ3n) is 5.27. The van der Waals surface area contributed by atoms with Crippen molar-refractivity contribution in [3.8, 4) is 11.3 Å². The van der Waals surface area contributed by atoms with Crippen LogP contribution in [0.3, 0.4) is 0 Å². The van der Waals surface area contributed by atoms with Gasteiger partial charge >= 0.3 is 0 Å². The summed E-state index contributed by atoms with van der Waals surface area (Å²) in [5.74, 6) is -0.828. The van der Waals surface area contributed by atoms with Crippen LogP contribution in [0.15, 0.2) is 77.4 Å². The standard InChI is InChI=1S/C24H22N2O4/c27-22(18-6-2-1-3-7-18)24(29)26-14-4-8-19(16-26)23(28)25-20-12-10-17(11-13-20)21-9-5-15-30-21/h1-3,5-7,9-13,15,19H,4,8,14,16H2,(H,25,28). The lowest BCUT2D eigenvalue weighted by molar-refractivity contribution is -0.130. The summed E-state index contributed by atoms with van der Waals surface area (Å²) >= 11 is 0. The molecule has 1 atom stereocenters.